The maximum Gasteiger partial charge on any atom is 0.336 e. The fourth-order valence-electron chi connectivity index (χ4n) is 1.56. The Morgan fingerprint density at radius 2 is 2.00 bits per heavy atom. The third kappa shape index (κ3) is 6.14. The molecular weight excluding hydrogens is 282 g/mol. The SMILES string of the molecule is CCCNS(=O)(=O)OC(CCc1ccccc1)C(=O)[O-]. The maximum atomic E-state index is 11.5. The monoisotopic (exact) mass is 300 g/mol. The van der Waals surface area contributed by atoms with Gasteiger partial charge in [-0.15, -0.1) is 0 Å². The Morgan fingerprint density at radius 3 is 2.55 bits per heavy atom. The summed E-state index contributed by atoms with van der Waals surface area (Å²) in [5.41, 5.74) is 0.904. The van der Waals surface area contributed by atoms with Crippen LogP contribution in [-0.4, -0.2) is 27.0 Å². The summed E-state index contributed by atoms with van der Waals surface area (Å²) in [7, 11) is -4.06. The van der Waals surface area contributed by atoms with Crippen molar-refractivity contribution in [3.05, 3.63) is 35.9 Å². The highest BCUT2D eigenvalue weighted by Crippen LogP contribution is 2.09. The van der Waals surface area contributed by atoms with Crippen LogP contribution in [0.3, 0.4) is 0 Å². The van der Waals surface area contributed by atoms with E-state index in [0.29, 0.717) is 12.8 Å². The van der Waals surface area contributed by atoms with Crippen LogP contribution in [0.15, 0.2) is 30.3 Å². The average Bonchev–Trinajstić information content (AvgIpc) is 2.42. The molecule has 0 radical (unpaired) electrons. The van der Waals surface area contributed by atoms with Crippen molar-refractivity contribution < 1.29 is 22.5 Å². The predicted molar refractivity (Wildman–Crippen MR) is 71.9 cm³/mol. The van der Waals surface area contributed by atoms with E-state index in [1.165, 1.54) is 0 Å². The van der Waals surface area contributed by atoms with E-state index in [2.05, 4.69) is 8.91 Å². The molecule has 20 heavy (non-hydrogen) atoms. The van der Waals surface area contributed by atoms with E-state index in [1.807, 2.05) is 30.3 Å². The molecule has 0 amide bonds. The Morgan fingerprint density at radius 1 is 1.35 bits per heavy atom. The largest absolute Gasteiger partial charge is 0.547 e. The zero-order valence-electron chi connectivity index (χ0n) is 11.2. The zero-order chi connectivity index (χ0) is 15.0. The lowest BCUT2D eigenvalue weighted by Gasteiger charge is -2.18. The first kappa shape index (κ1) is 16.6. The van der Waals surface area contributed by atoms with Crippen LogP contribution in [0.25, 0.3) is 0 Å². The van der Waals surface area contributed by atoms with Crippen molar-refractivity contribution in [2.75, 3.05) is 6.54 Å². The maximum absolute atomic E-state index is 11.5. The zero-order valence-corrected chi connectivity index (χ0v) is 12.1. The van der Waals surface area contributed by atoms with Gasteiger partial charge in [0.05, 0.1) is 5.97 Å². The van der Waals surface area contributed by atoms with Gasteiger partial charge in [0.15, 0.2) is 0 Å². The molecule has 1 unspecified atom stereocenters. The van der Waals surface area contributed by atoms with Gasteiger partial charge < -0.3 is 9.90 Å². The van der Waals surface area contributed by atoms with Crippen molar-refractivity contribution in [1.82, 2.24) is 4.72 Å². The summed E-state index contributed by atoms with van der Waals surface area (Å²) in [6.07, 6.45) is -0.491. The number of hydrogen-bond acceptors (Lipinski definition) is 5. The molecule has 0 aliphatic carbocycles. The molecular formula is C13H18NO5S-. The second-order valence-corrected chi connectivity index (χ2v) is 5.67. The number of rotatable bonds is 9. The second-order valence-electron chi connectivity index (χ2n) is 4.28. The lowest BCUT2D eigenvalue weighted by molar-refractivity contribution is -0.313. The first-order valence-corrected chi connectivity index (χ1v) is 7.78. The highest BCUT2D eigenvalue weighted by atomic mass is 32.2. The molecule has 0 aliphatic heterocycles. The second kappa shape index (κ2) is 7.98. The fraction of sp³-hybridized carbons (Fsp3) is 0.462. The molecule has 0 heterocycles. The Labute approximate surface area is 119 Å². The summed E-state index contributed by atoms with van der Waals surface area (Å²) in [6, 6.07) is 9.15. The molecule has 0 aromatic heterocycles. The quantitative estimate of drug-likeness (QED) is 0.692. The lowest BCUT2D eigenvalue weighted by Crippen LogP contribution is -2.41. The number of carboxylic acids is 1. The minimum absolute atomic E-state index is 0.0272. The van der Waals surface area contributed by atoms with Gasteiger partial charge in [0.25, 0.3) is 0 Å². The Hall–Kier alpha value is -1.44. The van der Waals surface area contributed by atoms with Gasteiger partial charge in [-0.05, 0) is 24.8 Å². The fourth-order valence-corrected chi connectivity index (χ4v) is 2.56. The molecule has 0 fully saturated rings. The van der Waals surface area contributed by atoms with Crippen molar-refractivity contribution in [3.63, 3.8) is 0 Å². The van der Waals surface area contributed by atoms with E-state index in [1.54, 1.807) is 6.92 Å². The average molecular weight is 300 g/mol. The third-order valence-electron chi connectivity index (χ3n) is 2.57. The van der Waals surface area contributed by atoms with Gasteiger partial charge in [0, 0.05) is 6.54 Å². The van der Waals surface area contributed by atoms with Crippen molar-refractivity contribution >= 4 is 16.3 Å². The van der Waals surface area contributed by atoms with Gasteiger partial charge in [-0.3, -0.25) is 0 Å². The first-order chi connectivity index (χ1) is 9.44. The first-order valence-electron chi connectivity index (χ1n) is 6.37. The van der Waals surface area contributed by atoms with Crippen molar-refractivity contribution in [1.29, 1.82) is 0 Å². The van der Waals surface area contributed by atoms with Crippen LogP contribution in [-0.2, 0) is 25.7 Å². The Kier molecular flexibility index (Phi) is 6.63. The third-order valence-corrected chi connectivity index (χ3v) is 3.62. The normalized spacial score (nSPS) is 13.1. The summed E-state index contributed by atoms with van der Waals surface area (Å²) >= 11 is 0. The van der Waals surface area contributed by atoms with Crippen LogP contribution in [0.5, 0.6) is 0 Å². The van der Waals surface area contributed by atoms with Gasteiger partial charge in [-0.2, -0.15) is 13.1 Å². The van der Waals surface area contributed by atoms with Crippen LogP contribution in [0.2, 0.25) is 0 Å². The number of carbonyl (C=O) groups is 1. The molecule has 6 nitrogen and oxygen atoms in total. The minimum atomic E-state index is -4.06. The molecule has 0 spiro atoms. The van der Waals surface area contributed by atoms with E-state index in [0.717, 1.165) is 5.56 Å². The van der Waals surface area contributed by atoms with E-state index < -0.39 is 22.4 Å². The molecule has 1 N–H and O–H groups in total. The van der Waals surface area contributed by atoms with Crippen LogP contribution < -0.4 is 9.83 Å². The van der Waals surface area contributed by atoms with Crippen molar-refractivity contribution in [2.24, 2.45) is 0 Å². The number of carbonyl (C=O) groups excluding carboxylic acids is 1. The van der Waals surface area contributed by atoms with Gasteiger partial charge in [-0.25, -0.2) is 4.18 Å². The summed E-state index contributed by atoms with van der Waals surface area (Å²) in [4.78, 5) is 10.9. The van der Waals surface area contributed by atoms with Crippen molar-refractivity contribution in [3.8, 4) is 0 Å². The van der Waals surface area contributed by atoms with E-state index in [-0.39, 0.29) is 13.0 Å². The van der Waals surface area contributed by atoms with Gasteiger partial charge in [0.2, 0.25) is 0 Å². The summed E-state index contributed by atoms with van der Waals surface area (Å²) in [5.74, 6) is -1.54. The van der Waals surface area contributed by atoms with Crippen LogP contribution >= 0.6 is 0 Å². The van der Waals surface area contributed by atoms with E-state index >= 15 is 0 Å². The molecule has 1 rings (SSSR count). The molecule has 7 heteroatoms. The number of nitrogens with one attached hydrogen (secondary N) is 1. The molecule has 0 saturated carbocycles. The van der Waals surface area contributed by atoms with Crippen LogP contribution in [0.4, 0.5) is 0 Å². The Balaban J connectivity index is 2.59. The van der Waals surface area contributed by atoms with Gasteiger partial charge in [0.1, 0.15) is 6.10 Å². The molecule has 1 aromatic carbocycles. The molecule has 112 valence electrons. The Bertz CT molecular complexity index is 515. The highest BCUT2D eigenvalue weighted by Gasteiger charge is 2.20. The molecule has 1 aromatic rings. The lowest BCUT2D eigenvalue weighted by atomic mass is 10.1. The summed E-state index contributed by atoms with van der Waals surface area (Å²) < 4.78 is 29.8. The van der Waals surface area contributed by atoms with Crippen molar-refractivity contribution in [2.45, 2.75) is 32.3 Å². The topological polar surface area (TPSA) is 95.5 Å². The predicted octanol–water partition coefficient (Wildman–Crippen LogP) is -0.00130. The number of aryl methyl sites for hydroxylation is 1. The van der Waals surface area contributed by atoms with Crippen LogP contribution in [0.1, 0.15) is 25.3 Å². The highest BCUT2D eigenvalue weighted by molar-refractivity contribution is 7.84. The molecule has 1 atom stereocenters. The summed E-state index contributed by atoms with van der Waals surface area (Å²) in [5, 5.41) is 10.9. The molecule has 0 bridgehead atoms. The minimum Gasteiger partial charge on any atom is -0.547 e. The number of hydrogen-bond donors (Lipinski definition) is 1. The summed E-state index contributed by atoms with van der Waals surface area (Å²) in [6.45, 7) is 1.98. The molecule has 0 aliphatic rings. The number of benzene rings is 1. The number of aliphatic carboxylic acids is 1. The van der Waals surface area contributed by atoms with Gasteiger partial charge >= 0.3 is 10.3 Å². The standard InChI is InChI=1S/C13H19NO5S/c1-2-10-14-20(17,18)19-12(13(15)16)9-8-11-6-4-3-5-7-11/h3-7,12,14H,2,8-10H2,1H3,(H,15,16)/p-1. The number of carboxylic acid groups (broad SMARTS) is 1. The van der Waals surface area contributed by atoms with E-state index in [9.17, 15) is 18.3 Å². The molecule has 0 saturated heterocycles. The van der Waals surface area contributed by atoms with Gasteiger partial charge in [-0.1, -0.05) is 37.3 Å². The van der Waals surface area contributed by atoms with E-state index in [4.69, 9.17) is 0 Å². The van der Waals surface area contributed by atoms with Crippen LogP contribution in [0, 0.1) is 0 Å². The smallest absolute Gasteiger partial charge is 0.336 e.